The zero-order valence-corrected chi connectivity index (χ0v) is 15.6. The van der Waals surface area contributed by atoms with Crippen LogP contribution in [0.5, 0.6) is 0 Å². The molecule has 0 radical (unpaired) electrons. The van der Waals surface area contributed by atoms with Crippen LogP contribution in [0.15, 0.2) is 41.0 Å². The largest absolute Gasteiger partial charge is 0.402 e. The molecular formula is C21H21N3O2. The van der Waals surface area contributed by atoms with E-state index in [4.69, 9.17) is 10.00 Å². The molecule has 2 heterocycles. The summed E-state index contributed by atoms with van der Waals surface area (Å²) in [6.45, 7) is 8.33. The molecule has 5 heteroatoms. The Kier molecular flexibility index (Phi) is 4.29. The van der Waals surface area contributed by atoms with Crippen LogP contribution in [-0.2, 0) is 22.0 Å². The number of carbonyl (C=O) groups excluding carboxylic acids is 1. The summed E-state index contributed by atoms with van der Waals surface area (Å²) in [6.07, 6.45) is 1.66. The number of esters is 1. The van der Waals surface area contributed by atoms with Crippen LogP contribution >= 0.6 is 0 Å². The van der Waals surface area contributed by atoms with E-state index in [-0.39, 0.29) is 11.1 Å². The predicted octanol–water partition coefficient (Wildman–Crippen LogP) is 3.85. The van der Waals surface area contributed by atoms with E-state index >= 15 is 0 Å². The predicted molar refractivity (Wildman–Crippen MR) is 101 cm³/mol. The Bertz CT molecular complexity index is 978. The number of ether oxygens (including phenoxy) is 1. The monoisotopic (exact) mass is 347 g/mol. The fourth-order valence-corrected chi connectivity index (χ4v) is 2.77. The van der Waals surface area contributed by atoms with Crippen molar-refractivity contribution in [3.05, 3.63) is 64.1 Å². The average Bonchev–Trinajstić information content (AvgIpc) is 3.09. The number of cyclic esters (lactones) is 1. The SMILES string of the molecule is Cc1c(/C=C2/N=C(c3ccc(C(C)(C)C)cc3)OC2=O)cc(C#N)n1C. The third kappa shape index (κ3) is 3.18. The molecule has 26 heavy (non-hydrogen) atoms. The molecule has 1 aromatic heterocycles. The van der Waals surface area contributed by atoms with E-state index in [1.807, 2.05) is 38.2 Å². The second-order valence-corrected chi connectivity index (χ2v) is 7.40. The van der Waals surface area contributed by atoms with Crippen molar-refractivity contribution in [3.63, 3.8) is 0 Å². The normalized spacial score (nSPS) is 15.8. The van der Waals surface area contributed by atoms with Gasteiger partial charge in [-0.1, -0.05) is 32.9 Å². The molecule has 0 bridgehead atoms. The van der Waals surface area contributed by atoms with Crippen molar-refractivity contribution in [1.82, 2.24) is 4.57 Å². The first kappa shape index (κ1) is 17.7. The van der Waals surface area contributed by atoms with Crippen LogP contribution in [0.25, 0.3) is 6.08 Å². The van der Waals surface area contributed by atoms with Crippen molar-refractivity contribution in [3.8, 4) is 6.07 Å². The molecule has 0 atom stereocenters. The van der Waals surface area contributed by atoms with E-state index in [2.05, 4.69) is 31.8 Å². The van der Waals surface area contributed by atoms with E-state index in [9.17, 15) is 4.79 Å². The van der Waals surface area contributed by atoms with Crippen molar-refractivity contribution in [1.29, 1.82) is 5.26 Å². The molecule has 1 aliphatic rings. The highest BCUT2D eigenvalue weighted by Crippen LogP contribution is 2.25. The number of nitriles is 1. The first-order valence-electron chi connectivity index (χ1n) is 8.40. The van der Waals surface area contributed by atoms with Crippen LogP contribution in [0.3, 0.4) is 0 Å². The van der Waals surface area contributed by atoms with Gasteiger partial charge in [-0.3, -0.25) is 0 Å². The number of rotatable bonds is 2. The highest BCUT2D eigenvalue weighted by molar-refractivity contribution is 6.12. The maximum atomic E-state index is 12.2. The van der Waals surface area contributed by atoms with Crippen LogP contribution in [0.1, 0.15) is 48.8 Å². The molecule has 132 valence electrons. The summed E-state index contributed by atoms with van der Waals surface area (Å²) in [5.41, 5.74) is 4.45. The summed E-state index contributed by atoms with van der Waals surface area (Å²) in [4.78, 5) is 16.5. The molecule has 1 aliphatic heterocycles. The minimum atomic E-state index is -0.485. The summed E-state index contributed by atoms with van der Waals surface area (Å²) in [6, 6.07) is 11.7. The van der Waals surface area contributed by atoms with Gasteiger partial charge in [-0.05, 0) is 47.7 Å². The number of aromatic nitrogens is 1. The van der Waals surface area contributed by atoms with E-state index in [0.717, 1.165) is 16.8 Å². The summed E-state index contributed by atoms with van der Waals surface area (Å²) in [5.74, 6) is -0.183. The first-order valence-corrected chi connectivity index (χ1v) is 8.40. The molecule has 0 unspecified atom stereocenters. The van der Waals surface area contributed by atoms with Gasteiger partial charge in [-0.25, -0.2) is 9.79 Å². The number of hydrogen-bond donors (Lipinski definition) is 0. The highest BCUT2D eigenvalue weighted by atomic mass is 16.6. The number of benzene rings is 1. The van der Waals surface area contributed by atoms with Crippen LogP contribution in [-0.4, -0.2) is 16.4 Å². The first-order chi connectivity index (χ1) is 12.2. The molecule has 0 amide bonds. The molecule has 1 aromatic carbocycles. The second-order valence-electron chi connectivity index (χ2n) is 7.40. The van der Waals surface area contributed by atoms with Crippen LogP contribution < -0.4 is 0 Å². The van der Waals surface area contributed by atoms with Crippen LogP contribution in [0.2, 0.25) is 0 Å². The molecule has 0 spiro atoms. The van der Waals surface area contributed by atoms with Gasteiger partial charge in [-0.2, -0.15) is 5.26 Å². The molecule has 3 rings (SSSR count). The lowest BCUT2D eigenvalue weighted by Crippen LogP contribution is -2.11. The van der Waals surface area contributed by atoms with Gasteiger partial charge in [0.1, 0.15) is 11.8 Å². The average molecular weight is 347 g/mol. The number of aliphatic imine (C=N–C) groups is 1. The lowest BCUT2D eigenvalue weighted by molar-refractivity contribution is -0.129. The van der Waals surface area contributed by atoms with Gasteiger partial charge in [0.25, 0.3) is 0 Å². The fourth-order valence-electron chi connectivity index (χ4n) is 2.77. The fraction of sp³-hybridized carbons (Fsp3) is 0.286. The van der Waals surface area contributed by atoms with Gasteiger partial charge in [0.15, 0.2) is 5.70 Å². The van der Waals surface area contributed by atoms with E-state index in [1.165, 1.54) is 5.56 Å². The van der Waals surface area contributed by atoms with Gasteiger partial charge >= 0.3 is 5.97 Å². The minimum Gasteiger partial charge on any atom is -0.402 e. The molecule has 5 nitrogen and oxygen atoms in total. The molecule has 0 aliphatic carbocycles. The quantitative estimate of drug-likeness (QED) is 0.612. The Labute approximate surface area is 153 Å². The number of hydrogen-bond acceptors (Lipinski definition) is 4. The van der Waals surface area contributed by atoms with Gasteiger partial charge in [-0.15, -0.1) is 0 Å². The number of carbonyl (C=O) groups is 1. The maximum absolute atomic E-state index is 12.2. The third-order valence-electron chi connectivity index (χ3n) is 4.60. The number of nitrogens with zero attached hydrogens (tertiary/aromatic N) is 3. The standard InChI is InChI=1S/C21H21N3O2/c1-13-15(10-17(12-22)24(13)5)11-18-20(25)26-19(23-18)14-6-8-16(9-7-14)21(2,3)4/h6-11H,1-5H3/b18-11+. The van der Waals surface area contributed by atoms with Gasteiger partial charge in [0, 0.05) is 18.3 Å². The van der Waals surface area contributed by atoms with E-state index < -0.39 is 5.97 Å². The summed E-state index contributed by atoms with van der Waals surface area (Å²) >= 11 is 0. The zero-order valence-electron chi connectivity index (χ0n) is 15.6. The van der Waals surface area contributed by atoms with Crippen molar-refractivity contribution in [2.75, 3.05) is 0 Å². The lowest BCUT2D eigenvalue weighted by Gasteiger charge is -2.18. The second kappa shape index (κ2) is 6.30. The molecule has 0 saturated carbocycles. The topological polar surface area (TPSA) is 67.4 Å². The Morgan fingerprint density at radius 2 is 1.88 bits per heavy atom. The molecule has 0 fully saturated rings. The van der Waals surface area contributed by atoms with E-state index in [0.29, 0.717) is 11.6 Å². The molecule has 0 saturated heterocycles. The maximum Gasteiger partial charge on any atom is 0.363 e. The molecular weight excluding hydrogens is 326 g/mol. The van der Waals surface area contributed by atoms with Gasteiger partial charge < -0.3 is 9.30 Å². The van der Waals surface area contributed by atoms with Crippen molar-refractivity contribution >= 4 is 17.9 Å². The zero-order chi connectivity index (χ0) is 19.1. The van der Waals surface area contributed by atoms with Crippen LogP contribution in [0.4, 0.5) is 0 Å². The molecule has 0 N–H and O–H groups in total. The van der Waals surface area contributed by atoms with Crippen LogP contribution in [0, 0.1) is 18.3 Å². The van der Waals surface area contributed by atoms with E-state index in [1.54, 1.807) is 16.7 Å². The third-order valence-corrected chi connectivity index (χ3v) is 4.60. The van der Waals surface area contributed by atoms with Crippen molar-refractivity contribution < 1.29 is 9.53 Å². The highest BCUT2D eigenvalue weighted by Gasteiger charge is 2.25. The molecule has 2 aromatic rings. The smallest absolute Gasteiger partial charge is 0.363 e. The Morgan fingerprint density at radius 1 is 1.23 bits per heavy atom. The lowest BCUT2D eigenvalue weighted by atomic mass is 9.87. The van der Waals surface area contributed by atoms with Gasteiger partial charge in [0.2, 0.25) is 5.90 Å². The summed E-state index contributed by atoms with van der Waals surface area (Å²) in [7, 11) is 1.81. The summed E-state index contributed by atoms with van der Waals surface area (Å²) in [5, 5.41) is 9.13. The Hall–Kier alpha value is -3.13. The Balaban J connectivity index is 1.94. The minimum absolute atomic E-state index is 0.0566. The Morgan fingerprint density at radius 3 is 2.42 bits per heavy atom. The summed E-state index contributed by atoms with van der Waals surface area (Å²) < 4.78 is 7.11. The van der Waals surface area contributed by atoms with Crippen molar-refractivity contribution in [2.24, 2.45) is 12.0 Å². The van der Waals surface area contributed by atoms with Gasteiger partial charge in [0.05, 0.1) is 0 Å². The van der Waals surface area contributed by atoms with Crippen molar-refractivity contribution in [2.45, 2.75) is 33.1 Å².